The highest BCUT2D eigenvalue weighted by molar-refractivity contribution is 7.92. The Morgan fingerprint density at radius 2 is 1.77 bits per heavy atom. The van der Waals surface area contributed by atoms with Gasteiger partial charge in [0.1, 0.15) is 30.3 Å². The minimum absolute atomic E-state index is 0.140. The fourth-order valence-electron chi connectivity index (χ4n) is 4.99. The summed E-state index contributed by atoms with van der Waals surface area (Å²) < 4.78 is 45.5. The predicted octanol–water partition coefficient (Wildman–Crippen LogP) is 1.58. The zero-order valence-electron chi connectivity index (χ0n) is 24.7. The Labute approximate surface area is 252 Å². The fraction of sp³-hybridized carbons (Fsp3) is 0.500. The van der Waals surface area contributed by atoms with E-state index in [1.807, 2.05) is 0 Å². The maximum Gasteiger partial charge on any atom is 0.243 e. The van der Waals surface area contributed by atoms with E-state index in [4.69, 9.17) is 4.74 Å². The molecule has 1 fully saturated rings. The highest BCUT2D eigenvalue weighted by atomic mass is 32.2. The number of rotatable bonds is 5. The third-order valence-electron chi connectivity index (χ3n) is 7.67. The largest absolute Gasteiger partial charge is 0.492 e. The van der Waals surface area contributed by atoms with Crippen LogP contribution in [-0.4, -0.2) is 82.2 Å². The number of ether oxygens (including phenoxy) is 1. The predicted molar refractivity (Wildman–Crippen MR) is 161 cm³/mol. The number of carbonyl (C=O) groups excluding carboxylic acids is 3. The highest BCUT2D eigenvalue weighted by Gasteiger charge is 2.39. The van der Waals surface area contributed by atoms with Crippen LogP contribution in [0.25, 0.3) is 0 Å². The monoisotopic (exact) mass is 617 g/mol. The number of carbonyl (C=O) groups is 3. The number of aryl methyl sites for hydroxylation is 1. The summed E-state index contributed by atoms with van der Waals surface area (Å²) >= 11 is 0. The molecule has 3 amide bonds. The summed E-state index contributed by atoms with van der Waals surface area (Å²) in [6.07, 6.45) is 4.07. The van der Waals surface area contributed by atoms with Crippen LogP contribution in [-0.2, 0) is 37.2 Å². The molecule has 11 nitrogen and oxygen atoms in total. The third kappa shape index (κ3) is 9.39. The van der Waals surface area contributed by atoms with Crippen LogP contribution < -0.4 is 25.4 Å². The molecule has 0 bridgehead atoms. The van der Waals surface area contributed by atoms with Gasteiger partial charge in [-0.05, 0) is 67.9 Å². The molecule has 13 heteroatoms. The van der Waals surface area contributed by atoms with Gasteiger partial charge in [-0.15, -0.1) is 0 Å². The van der Waals surface area contributed by atoms with Crippen molar-refractivity contribution in [2.45, 2.75) is 57.2 Å². The molecule has 0 spiro atoms. The van der Waals surface area contributed by atoms with Gasteiger partial charge < -0.3 is 25.6 Å². The van der Waals surface area contributed by atoms with Crippen LogP contribution in [0.15, 0.2) is 42.5 Å². The Hall–Kier alpha value is -3.71. The standard InChI is InChI=1S/C30H40FN5O6S/c1-19-28(37)34-25(17-20-6-11-23(31)12-7-20)29(38)33-14-4-5-21-10-13-24(35-43(3,40)41)18-26(21)42-16-15-32-27(22-8-9-22)30(39)36(19)2/h6-7,10-13,18-19,22,25,27,32,35H,4-5,8-9,14-17H2,1-3H3,(H,33,38)(H,34,37)/t19-,25-,27+/m1/s1. The van der Waals surface area contributed by atoms with Crippen molar-refractivity contribution in [1.29, 1.82) is 0 Å². The van der Waals surface area contributed by atoms with Crippen LogP contribution in [0.4, 0.5) is 10.1 Å². The number of nitrogens with zero attached hydrogens (tertiary/aromatic N) is 1. The Morgan fingerprint density at radius 1 is 1.05 bits per heavy atom. The third-order valence-corrected chi connectivity index (χ3v) is 8.28. The van der Waals surface area contributed by atoms with Crippen molar-refractivity contribution in [3.8, 4) is 5.75 Å². The number of likely N-dealkylation sites (N-methyl/N-ethyl adjacent to an activating group) is 1. The maximum absolute atomic E-state index is 13.5. The molecule has 1 aliphatic carbocycles. The smallest absolute Gasteiger partial charge is 0.243 e. The Bertz CT molecular complexity index is 1420. The quantitative estimate of drug-likeness (QED) is 0.399. The number of sulfonamides is 1. The lowest BCUT2D eigenvalue weighted by atomic mass is 10.0. The van der Waals surface area contributed by atoms with E-state index in [2.05, 4.69) is 20.7 Å². The van der Waals surface area contributed by atoms with E-state index in [1.54, 1.807) is 44.3 Å². The lowest BCUT2D eigenvalue weighted by molar-refractivity contribution is -0.141. The van der Waals surface area contributed by atoms with Crippen LogP contribution in [0.3, 0.4) is 0 Å². The van der Waals surface area contributed by atoms with Crippen molar-refractivity contribution < 1.29 is 31.9 Å². The summed E-state index contributed by atoms with van der Waals surface area (Å²) in [5.41, 5.74) is 1.86. The van der Waals surface area contributed by atoms with Crippen molar-refractivity contribution in [2.24, 2.45) is 5.92 Å². The van der Waals surface area contributed by atoms with Gasteiger partial charge in [0.25, 0.3) is 0 Å². The van der Waals surface area contributed by atoms with Gasteiger partial charge in [0, 0.05) is 32.6 Å². The summed E-state index contributed by atoms with van der Waals surface area (Å²) in [7, 11) is -1.92. The number of amides is 3. The normalized spacial score (nSPS) is 23.2. The van der Waals surface area contributed by atoms with Gasteiger partial charge in [0.2, 0.25) is 27.7 Å². The summed E-state index contributed by atoms with van der Waals surface area (Å²) in [4.78, 5) is 41.4. The lowest BCUT2D eigenvalue weighted by Gasteiger charge is -2.30. The summed E-state index contributed by atoms with van der Waals surface area (Å²) in [5.74, 6) is -0.856. The van der Waals surface area contributed by atoms with Gasteiger partial charge in [0.15, 0.2) is 0 Å². The van der Waals surface area contributed by atoms with Crippen LogP contribution in [0.1, 0.15) is 37.3 Å². The molecule has 0 saturated heterocycles. The molecule has 1 aliphatic heterocycles. The van der Waals surface area contributed by atoms with Gasteiger partial charge >= 0.3 is 0 Å². The first-order valence-corrected chi connectivity index (χ1v) is 16.4. The average Bonchev–Trinajstić information content (AvgIpc) is 3.79. The van der Waals surface area contributed by atoms with E-state index in [-0.39, 0.29) is 24.9 Å². The van der Waals surface area contributed by atoms with Crippen LogP contribution in [0, 0.1) is 11.7 Å². The van der Waals surface area contributed by atoms with Crippen molar-refractivity contribution in [1.82, 2.24) is 20.9 Å². The van der Waals surface area contributed by atoms with Gasteiger partial charge in [-0.1, -0.05) is 18.2 Å². The SMILES string of the molecule is C[C@@H]1C(=O)N[C@H](Cc2ccc(F)cc2)C(=O)NCCCc2ccc(NS(C)(=O)=O)cc2OCCN[C@@H](C2CC2)C(=O)N1C. The summed E-state index contributed by atoms with van der Waals surface area (Å²) in [5, 5.41) is 8.96. The number of benzene rings is 2. The number of fused-ring (bicyclic) bond motifs is 1. The van der Waals surface area contributed by atoms with Crippen LogP contribution in [0.2, 0.25) is 0 Å². The highest BCUT2D eigenvalue weighted by Crippen LogP contribution is 2.33. The van der Waals surface area contributed by atoms with E-state index in [9.17, 15) is 27.2 Å². The van der Waals surface area contributed by atoms with Crippen LogP contribution in [0.5, 0.6) is 5.75 Å². The average molecular weight is 618 g/mol. The maximum atomic E-state index is 13.5. The molecule has 2 aromatic carbocycles. The number of halogens is 1. The molecule has 0 unspecified atom stereocenters. The Morgan fingerprint density at radius 3 is 2.44 bits per heavy atom. The first-order chi connectivity index (χ1) is 20.4. The van der Waals surface area contributed by atoms with Gasteiger partial charge in [-0.3, -0.25) is 19.1 Å². The molecule has 43 heavy (non-hydrogen) atoms. The Balaban J connectivity index is 1.57. The molecule has 3 atom stereocenters. The second kappa shape index (κ2) is 14.2. The molecule has 4 rings (SSSR count). The molecule has 4 N–H and O–H groups in total. The minimum Gasteiger partial charge on any atom is -0.492 e. The Kier molecular flexibility index (Phi) is 10.6. The van der Waals surface area contributed by atoms with Crippen molar-refractivity contribution in [3.05, 3.63) is 59.4 Å². The zero-order valence-corrected chi connectivity index (χ0v) is 25.5. The van der Waals surface area contributed by atoms with Crippen molar-refractivity contribution >= 4 is 33.4 Å². The number of hydrogen-bond donors (Lipinski definition) is 4. The second-order valence-corrected chi connectivity index (χ2v) is 13.0. The molecular formula is C30H40FN5O6S. The van der Waals surface area contributed by atoms with Crippen molar-refractivity contribution in [2.75, 3.05) is 37.7 Å². The van der Waals surface area contributed by atoms with Crippen molar-refractivity contribution in [3.63, 3.8) is 0 Å². The molecule has 1 saturated carbocycles. The van der Waals surface area contributed by atoms with E-state index in [0.717, 1.165) is 24.7 Å². The molecule has 0 aromatic heterocycles. The van der Waals surface area contributed by atoms with Gasteiger partial charge in [0.05, 0.1) is 18.0 Å². The molecular weight excluding hydrogens is 577 g/mol. The van der Waals surface area contributed by atoms with Gasteiger partial charge in [-0.25, -0.2) is 12.8 Å². The van der Waals surface area contributed by atoms with E-state index < -0.39 is 45.8 Å². The first-order valence-electron chi connectivity index (χ1n) is 14.5. The van der Waals surface area contributed by atoms with Gasteiger partial charge in [-0.2, -0.15) is 0 Å². The van der Waals surface area contributed by atoms with E-state index in [0.29, 0.717) is 42.9 Å². The molecule has 1 heterocycles. The topological polar surface area (TPSA) is 146 Å². The number of hydrogen-bond acceptors (Lipinski definition) is 7. The summed E-state index contributed by atoms with van der Waals surface area (Å²) in [6, 6.07) is 8.49. The molecule has 2 aliphatic rings. The van der Waals surface area contributed by atoms with E-state index >= 15 is 0 Å². The summed E-state index contributed by atoms with van der Waals surface area (Å²) in [6.45, 7) is 2.51. The molecule has 234 valence electrons. The van der Waals surface area contributed by atoms with Crippen LogP contribution >= 0.6 is 0 Å². The first kappa shape index (κ1) is 32.2. The number of anilines is 1. The minimum atomic E-state index is -3.49. The lowest BCUT2D eigenvalue weighted by Crippen LogP contribution is -2.56. The second-order valence-electron chi connectivity index (χ2n) is 11.2. The molecule has 2 aromatic rings. The number of nitrogens with one attached hydrogen (secondary N) is 4. The fourth-order valence-corrected chi connectivity index (χ4v) is 5.55. The molecule has 0 radical (unpaired) electrons. The van der Waals surface area contributed by atoms with E-state index in [1.165, 1.54) is 17.0 Å². The zero-order chi connectivity index (χ0) is 31.1.